The Morgan fingerprint density at radius 2 is 1.20 bits per heavy atom. The monoisotopic (exact) mass is 206 g/mol. The smallest absolute Gasteiger partial charge is 0.0398 e. The molecule has 0 heteroatoms. The third kappa shape index (κ3) is 11.1. The molecule has 15 heavy (non-hydrogen) atoms. The van der Waals surface area contributed by atoms with Gasteiger partial charge >= 0.3 is 0 Å². The lowest BCUT2D eigenvalue weighted by Crippen LogP contribution is -1.91. The fourth-order valence-corrected chi connectivity index (χ4v) is 1.20. The van der Waals surface area contributed by atoms with Gasteiger partial charge in [0.1, 0.15) is 0 Å². The minimum atomic E-state index is 0.886. The van der Waals surface area contributed by atoms with E-state index in [-0.39, 0.29) is 0 Å². The summed E-state index contributed by atoms with van der Waals surface area (Å²) in [5, 5.41) is 0. The van der Waals surface area contributed by atoms with Gasteiger partial charge in [-0.05, 0) is 18.8 Å². The molecule has 0 aliphatic rings. The van der Waals surface area contributed by atoms with Crippen LogP contribution in [0.3, 0.4) is 0 Å². The highest BCUT2D eigenvalue weighted by atomic mass is 14.0. The van der Waals surface area contributed by atoms with E-state index in [1.807, 2.05) is 18.2 Å². The highest BCUT2D eigenvalue weighted by Crippen LogP contribution is 2.09. The zero-order valence-corrected chi connectivity index (χ0v) is 11.0. The summed E-state index contributed by atoms with van der Waals surface area (Å²) in [4.78, 5) is 0. The number of hydrogen-bond donors (Lipinski definition) is 0. The van der Waals surface area contributed by atoms with Crippen LogP contribution in [0.25, 0.3) is 0 Å². The van der Waals surface area contributed by atoms with E-state index < -0.39 is 0 Å². The van der Waals surface area contributed by atoms with Crippen LogP contribution in [0.2, 0.25) is 0 Å². The summed E-state index contributed by atoms with van der Waals surface area (Å²) in [7, 11) is 0. The van der Waals surface area contributed by atoms with Gasteiger partial charge in [-0.1, -0.05) is 76.4 Å². The van der Waals surface area contributed by atoms with Gasteiger partial charge in [0.15, 0.2) is 0 Å². The third-order valence-electron chi connectivity index (χ3n) is 2.26. The Balaban J connectivity index is 0.000000262. The van der Waals surface area contributed by atoms with E-state index in [0.29, 0.717) is 0 Å². The summed E-state index contributed by atoms with van der Waals surface area (Å²) in [6, 6.07) is 10.3. The minimum Gasteiger partial charge on any atom is -0.0628 e. The second-order valence-electron chi connectivity index (χ2n) is 5.02. The second-order valence-corrected chi connectivity index (χ2v) is 5.02. The molecular weight excluding hydrogens is 180 g/mol. The molecule has 0 aromatic heterocycles. The first kappa shape index (κ1) is 14.2. The molecule has 0 bridgehead atoms. The average molecular weight is 206 g/mol. The summed E-state index contributed by atoms with van der Waals surface area (Å²) < 4.78 is 0. The molecule has 0 fully saturated rings. The van der Waals surface area contributed by atoms with Crippen LogP contribution in [-0.2, 0) is 0 Å². The highest BCUT2D eigenvalue weighted by molar-refractivity contribution is 5.11. The number of rotatable bonds is 3. The van der Waals surface area contributed by atoms with Gasteiger partial charge in [0, 0.05) is 0 Å². The Kier molecular flexibility index (Phi) is 8.08. The van der Waals surface area contributed by atoms with Crippen molar-refractivity contribution in [1.82, 2.24) is 0 Å². The van der Waals surface area contributed by atoms with Crippen molar-refractivity contribution in [2.75, 3.05) is 0 Å². The zero-order chi connectivity index (χ0) is 11.7. The molecule has 86 valence electrons. The van der Waals surface area contributed by atoms with Crippen molar-refractivity contribution in [3.63, 3.8) is 0 Å². The van der Waals surface area contributed by atoms with E-state index in [1.54, 1.807) is 0 Å². The first-order chi connectivity index (χ1) is 7.02. The van der Waals surface area contributed by atoms with Gasteiger partial charge < -0.3 is 0 Å². The molecule has 0 spiro atoms. The quantitative estimate of drug-likeness (QED) is 0.647. The van der Waals surface area contributed by atoms with E-state index in [2.05, 4.69) is 46.8 Å². The summed E-state index contributed by atoms with van der Waals surface area (Å²) in [5.74, 6) is 1.77. The summed E-state index contributed by atoms with van der Waals surface area (Å²) in [5.41, 5.74) is 1.32. The highest BCUT2D eigenvalue weighted by Gasteiger charge is 1.95. The molecular formula is C15H26. The van der Waals surface area contributed by atoms with Crippen LogP contribution in [0.4, 0.5) is 0 Å². The Morgan fingerprint density at radius 1 is 0.800 bits per heavy atom. The second kappa shape index (κ2) is 8.52. The van der Waals surface area contributed by atoms with Crippen LogP contribution in [-0.4, -0.2) is 0 Å². The predicted octanol–water partition coefficient (Wildman–Crippen LogP) is 5.07. The van der Waals surface area contributed by atoms with Crippen LogP contribution in [0, 0.1) is 18.8 Å². The Hall–Kier alpha value is -0.780. The molecule has 1 rings (SSSR count). The van der Waals surface area contributed by atoms with Crippen molar-refractivity contribution in [2.45, 2.75) is 47.5 Å². The molecule has 0 unspecified atom stereocenters. The van der Waals surface area contributed by atoms with Gasteiger partial charge in [-0.15, -0.1) is 0 Å². The topological polar surface area (TPSA) is 0 Å². The van der Waals surface area contributed by atoms with Crippen molar-refractivity contribution >= 4 is 0 Å². The van der Waals surface area contributed by atoms with E-state index in [1.165, 1.54) is 18.4 Å². The lowest BCUT2D eigenvalue weighted by atomic mass is 10.0. The van der Waals surface area contributed by atoms with Crippen molar-refractivity contribution in [3.8, 4) is 0 Å². The molecule has 0 heterocycles. The zero-order valence-electron chi connectivity index (χ0n) is 11.0. The van der Waals surface area contributed by atoms with E-state index in [9.17, 15) is 0 Å². The molecule has 0 saturated heterocycles. The maximum absolute atomic E-state index is 2.28. The van der Waals surface area contributed by atoms with Crippen molar-refractivity contribution < 1.29 is 0 Å². The van der Waals surface area contributed by atoms with E-state index in [4.69, 9.17) is 0 Å². The normalized spacial score (nSPS) is 10.1. The number of aryl methyl sites for hydroxylation is 1. The summed E-state index contributed by atoms with van der Waals surface area (Å²) >= 11 is 0. The molecule has 0 atom stereocenters. The van der Waals surface area contributed by atoms with Crippen LogP contribution in [0.1, 0.15) is 46.1 Å². The summed E-state index contributed by atoms with van der Waals surface area (Å²) in [6.07, 6.45) is 2.77. The van der Waals surface area contributed by atoms with Gasteiger partial charge in [-0.25, -0.2) is 0 Å². The average Bonchev–Trinajstić information content (AvgIpc) is 2.17. The molecule has 0 N–H and O–H groups in total. The van der Waals surface area contributed by atoms with Crippen LogP contribution in [0.5, 0.6) is 0 Å². The van der Waals surface area contributed by atoms with Crippen molar-refractivity contribution in [3.05, 3.63) is 35.9 Å². The maximum Gasteiger partial charge on any atom is -0.0398 e. The Labute approximate surface area is 95.7 Å². The molecule has 0 nitrogen and oxygen atoms in total. The van der Waals surface area contributed by atoms with Crippen molar-refractivity contribution in [2.24, 2.45) is 11.8 Å². The molecule has 0 saturated carbocycles. The first-order valence-corrected chi connectivity index (χ1v) is 6.04. The van der Waals surface area contributed by atoms with Crippen molar-refractivity contribution in [1.29, 1.82) is 0 Å². The molecule has 1 aromatic carbocycles. The van der Waals surface area contributed by atoms with Gasteiger partial charge in [-0.2, -0.15) is 0 Å². The van der Waals surface area contributed by atoms with Crippen LogP contribution >= 0.6 is 0 Å². The predicted molar refractivity (Wildman–Crippen MR) is 70.1 cm³/mol. The third-order valence-corrected chi connectivity index (χ3v) is 2.26. The van der Waals surface area contributed by atoms with Gasteiger partial charge in [-0.3, -0.25) is 0 Å². The Bertz CT molecular complexity index is 213. The fourth-order valence-electron chi connectivity index (χ4n) is 1.20. The number of hydrogen-bond acceptors (Lipinski definition) is 0. The summed E-state index contributed by atoms with van der Waals surface area (Å²) in [6.45, 7) is 11.2. The fraction of sp³-hybridized carbons (Fsp3) is 0.600. The largest absolute Gasteiger partial charge is 0.0628 e. The van der Waals surface area contributed by atoms with Gasteiger partial charge in [0.25, 0.3) is 0 Å². The van der Waals surface area contributed by atoms with E-state index >= 15 is 0 Å². The van der Waals surface area contributed by atoms with Gasteiger partial charge in [0.05, 0.1) is 0 Å². The number of benzene rings is 1. The SMILES string of the molecule is CC(C)CCC(C)C.Cc1ccccc1. The molecule has 0 amide bonds. The molecule has 0 aliphatic carbocycles. The molecule has 0 aliphatic heterocycles. The first-order valence-electron chi connectivity index (χ1n) is 6.04. The van der Waals surface area contributed by atoms with Crippen LogP contribution < -0.4 is 0 Å². The van der Waals surface area contributed by atoms with Gasteiger partial charge in [0.2, 0.25) is 0 Å². The minimum absolute atomic E-state index is 0.886. The Morgan fingerprint density at radius 3 is 1.40 bits per heavy atom. The lowest BCUT2D eigenvalue weighted by Gasteiger charge is -2.05. The standard InChI is InChI=1S/C8H18.C7H8/c1-7(2)5-6-8(3)4;1-7-5-3-2-4-6-7/h7-8H,5-6H2,1-4H3;2-6H,1H3. The van der Waals surface area contributed by atoms with E-state index in [0.717, 1.165) is 11.8 Å². The molecule has 1 aromatic rings. The maximum atomic E-state index is 2.28. The van der Waals surface area contributed by atoms with Crippen LogP contribution in [0.15, 0.2) is 30.3 Å². The lowest BCUT2D eigenvalue weighted by molar-refractivity contribution is 0.476. The molecule has 0 radical (unpaired) electrons.